The van der Waals surface area contributed by atoms with E-state index in [9.17, 15) is 4.79 Å². The molecule has 1 N–H and O–H groups in total. The lowest BCUT2D eigenvalue weighted by Gasteiger charge is -2.21. The van der Waals surface area contributed by atoms with E-state index in [0.29, 0.717) is 0 Å². The number of H-pyrrole nitrogens is 1. The molecule has 2 rings (SSSR count). The Hall–Kier alpha value is -1.57. The number of hydrogen-bond donors (Lipinski definition) is 1. The second-order valence-corrected chi connectivity index (χ2v) is 6.55. The Balaban J connectivity index is 3.02. The van der Waals surface area contributed by atoms with Crippen LogP contribution in [0.4, 0.5) is 0 Å². The second kappa shape index (κ2) is 4.22. The first-order valence-corrected chi connectivity index (χ1v) is 6.78. The molecule has 0 saturated carbocycles. The van der Waals surface area contributed by atoms with Gasteiger partial charge in [0.15, 0.2) is 5.43 Å². The molecular weight excluding hydrogens is 234 g/mol. The molecule has 1 aromatic heterocycles. The van der Waals surface area contributed by atoms with Crippen LogP contribution in [0.15, 0.2) is 10.9 Å². The zero-order valence-corrected chi connectivity index (χ0v) is 13.0. The van der Waals surface area contributed by atoms with Crippen molar-refractivity contribution in [2.75, 3.05) is 0 Å². The molecule has 0 fully saturated rings. The van der Waals surface area contributed by atoms with Crippen molar-refractivity contribution in [1.29, 1.82) is 0 Å². The average Bonchev–Trinajstić information content (AvgIpc) is 2.31. The van der Waals surface area contributed by atoms with E-state index in [1.807, 2.05) is 6.92 Å². The summed E-state index contributed by atoms with van der Waals surface area (Å²) in [6.07, 6.45) is 0. The fourth-order valence-corrected chi connectivity index (χ4v) is 2.55. The number of benzene rings is 1. The highest BCUT2D eigenvalue weighted by Gasteiger charge is 2.19. The van der Waals surface area contributed by atoms with Crippen molar-refractivity contribution in [3.05, 3.63) is 44.2 Å². The van der Waals surface area contributed by atoms with E-state index in [0.717, 1.165) is 22.2 Å². The quantitative estimate of drug-likeness (QED) is 0.758. The highest BCUT2D eigenvalue weighted by atomic mass is 16.1. The molecule has 102 valence electrons. The fraction of sp³-hybridized carbons (Fsp3) is 0.471. The number of pyridine rings is 1. The van der Waals surface area contributed by atoms with Crippen LogP contribution in [0.5, 0.6) is 0 Å². The summed E-state index contributed by atoms with van der Waals surface area (Å²) < 4.78 is 0. The molecule has 0 atom stereocenters. The van der Waals surface area contributed by atoms with Crippen LogP contribution in [0.2, 0.25) is 0 Å². The molecule has 0 aliphatic heterocycles. The third kappa shape index (κ3) is 2.09. The molecule has 2 nitrogen and oxygen atoms in total. The molecule has 0 radical (unpaired) electrons. The van der Waals surface area contributed by atoms with Crippen LogP contribution in [0.25, 0.3) is 10.9 Å². The standard InChI is InChI=1S/C17H23NO/c1-9-10(2)12(4)16-15(11(9)3)13(19)8-14(18-16)17(5,6)7/h8H,1-7H3,(H,18,19). The summed E-state index contributed by atoms with van der Waals surface area (Å²) in [6.45, 7) is 14.7. The van der Waals surface area contributed by atoms with Crippen LogP contribution in [0, 0.1) is 27.7 Å². The Morgan fingerprint density at radius 3 is 1.95 bits per heavy atom. The first kappa shape index (κ1) is 13.9. The number of aromatic nitrogens is 1. The van der Waals surface area contributed by atoms with E-state index >= 15 is 0 Å². The van der Waals surface area contributed by atoms with Crippen LogP contribution in [0.3, 0.4) is 0 Å². The van der Waals surface area contributed by atoms with Crippen LogP contribution in [-0.2, 0) is 5.41 Å². The van der Waals surface area contributed by atoms with Gasteiger partial charge in [0, 0.05) is 22.6 Å². The molecule has 0 saturated heterocycles. The lowest BCUT2D eigenvalue weighted by molar-refractivity contribution is 0.571. The Kier molecular flexibility index (Phi) is 3.08. The van der Waals surface area contributed by atoms with Crippen LogP contribution in [-0.4, -0.2) is 4.98 Å². The smallest absolute Gasteiger partial charge is 0.189 e. The first-order chi connectivity index (χ1) is 8.64. The van der Waals surface area contributed by atoms with E-state index in [4.69, 9.17) is 0 Å². The van der Waals surface area contributed by atoms with E-state index in [-0.39, 0.29) is 10.8 Å². The SMILES string of the molecule is Cc1c(C)c(C)c2c(=O)cc(C(C)(C)C)[nH]c2c1C. The average molecular weight is 257 g/mol. The molecule has 2 heteroatoms. The Labute approximate surface area is 114 Å². The normalized spacial score (nSPS) is 12.2. The van der Waals surface area contributed by atoms with Crippen LogP contribution >= 0.6 is 0 Å². The molecule has 0 bridgehead atoms. The van der Waals surface area contributed by atoms with Gasteiger partial charge >= 0.3 is 0 Å². The summed E-state index contributed by atoms with van der Waals surface area (Å²) >= 11 is 0. The van der Waals surface area contributed by atoms with E-state index < -0.39 is 0 Å². The van der Waals surface area contributed by atoms with Gasteiger partial charge in [0.1, 0.15) is 0 Å². The zero-order chi connectivity index (χ0) is 14.5. The molecular formula is C17H23NO. The van der Waals surface area contributed by atoms with E-state index in [2.05, 4.69) is 46.5 Å². The maximum absolute atomic E-state index is 12.5. The molecule has 0 aliphatic rings. The van der Waals surface area contributed by atoms with Gasteiger partial charge in [0.25, 0.3) is 0 Å². The van der Waals surface area contributed by atoms with E-state index in [1.165, 1.54) is 16.7 Å². The van der Waals surface area contributed by atoms with Crippen molar-refractivity contribution in [3.63, 3.8) is 0 Å². The van der Waals surface area contributed by atoms with Crippen molar-refractivity contribution in [3.8, 4) is 0 Å². The highest BCUT2D eigenvalue weighted by Crippen LogP contribution is 2.28. The van der Waals surface area contributed by atoms with Gasteiger partial charge in [-0.2, -0.15) is 0 Å². The predicted octanol–water partition coefficient (Wildman–Crippen LogP) is 4.06. The van der Waals surface area contributed by atoms with Crippen molar-refractivity contribution in [2.24, 2.45) is 0 Å². The van der Waals surface area contributed by atoms with Crippen molar-refractivity contribution < 1.29 is 0 Å². The molecule has 2 aromatic rings. The molecule has 1 aromatic carbocycles. The third-order valence-corrected chi connectivity index (χ3v) is 4.28. The Morgan fingerprint density at radius 2 is 1.42 bits per heavy atom. The van der Waals surface area contributed by atoms with E-state index in [1.54, 1.807) is 6.07 Å². The largest absolute Gasteiger partial charge is 0.358 e. The number of aryl methyl sites for hydroxylation is 2. The van der Waals surface area contributed by atoms with Gasteiger partial charge in [-0.25, -0.2) is 0 Å². The van der Waals surface area contributed by atoms with Gasteiger partial charge in [-0.05, 0) is 49.9 Å². The minimum absolute atomic E-state index is 0.0491. The number of rotatable bonds is 0. The van der Waals surface area contributed by atoms with Crippen LogP contribution in [0.1, 0.15) is 48.7 Å². The fourth-order valence-electron chi connectivity index (χ4n) is 2.55. The van der Waals surface area contributed by atoms with Gasteiger partial charge in [-0.3, -0.25) is 4.79 Å². The van der Waals surface area contributed by atoms with Crippen molar-refractivity contribution in [1.82, 2.24) is 4.98 Å². The maximum Gasteiger partial charge on any atom is 0.189 e. The molecule has 19 heavy (non-hydrogen) atoms. The summed E-state index contributed by atoms with van der Waals surface area (Å²) in [5, 5.41) is 0.841. The van der Waals surface area contributed by atoms with Gasteiger partial charge in [0.2, 0.25) is 0 Å². The zero-order valence-electron chi connectivity index (χ0n) is 13.0. The summed E-state index contributed by atoms with van der Waals surface area (Å²) in [5.74, 6) is 0. The summed E-state index contributed by atoms with van der Waals surface area (Å²) in [6, 6.07) is 1.75. The number of hydrogen-bond acceptors (Lipinski definition) is 1. The molecule has 0 amide bonds. The summed E-state index contributed by atoms with van der Waals surface area (Å²) in [5.41, 5.74) is 6.84. The Bertz CT molecular complexity index is 715. The Morgan fingerprint density at radius 1 is 0.895 bits per heavy atom. The molecule has 0 spiro atoms. The second-order valence-electron chi connectivity index (χ2n) is 6.55. The first-order valence-electron chi connectivity index (χ1n) is 6.78. The van der Waals surface area contributed by atoms with Crippen molar-refractivity contribution in [2.45, 2.75) is 53.9 Å². The topological polar surface area (TPSA) is 32.9 Å². The number of fused-ring (bicyclic) bond motifs is 1. The molecule has 0 unspecified atom stereocenters. The number of aromatic amines is 1. The predicted molar refractivity (Wildman–Crippen MR) is 82.2 cm³/mol. The summed E-state index contributed by atoms with van der Waals surface area (Å²) in [7, 11) is 0. The van der Waals surface area contributed by atoms with Gasteiger partial charge in [-0.15, -0.1) is 0 Å². The number of nitrogens with one attached hydrogen (secondary N) is 1. The van der Waals surface area contributed by atoms with Gasteiger partial charge in [0.05, 0.1) is 5.52 Å². The lowest BCUT2D eigenvalue weighted by atomic mass is 9.89. The van der Waals surface area contributed by atoms with Gasteiger partial charge < -0.3 is 4.98 Å². The lowest BCUT2D eigenvalue weighted by Crippen LogP contribution is -2.19. The summed E-state index contributed by atoms with van der Waals surface area (Å²) in [4.78, 5) is 15.9. The van der Waals surface area contributed by atoms with Gasteiger partial charge in [-0.1, -0.05) is 20.8 Å². The maximum atomic E-state index is 12.5. The monoisotopic (exact) mass is 257 g/mol. The van der Waals surface area contributed by atoms with Crippen LogP contribution < -0.4 is 5.43 Å². The molecule has 0 aliphatic carbocycles. The minimum atomic E-state index is -0.0491. The molecule has 1 heterocycles. The minimum Gasteiger partial charge on any atom is -0.358 e. The van der Waals surface area contributed by atoms with Crippen molar-refractivity contribution >= 4 is 10.9 Å². The highest BCUT2D eigenvalue weighted by molar-refractivity contribution is 5.87. The third-order valence-electron chi connectivity index (χ3n) is 4.28.